The monoisotopic (exact) mass is 291 g/mol. The molecule has 112 valence electrons. The van der Waals surface area contributed by atoms with Gasteiger partial charge in [0.25, 0.3) is 0 Å². The third-order valence-corrected chi connectivity index (χ3v) is 5.28. The van der Waals surface area contributed by atoms with Gasteiger partial charge in [-0.05, 0) is 38.5 Å². The van der Waals surface area contributed by atoms with Gasteiger partial charge in [0.2, 0.25) is 10.0 Å². The minimum atomic E-state index is -3.16. The lowest BCUT2D eigenvalue weighted by Gasteiger charge is -2.35. The minimum Gasteiger partial charge on any atom is -0.481 e. The second-order valence-corrected chi connectivity index (χ2v) is 7.93. The summed E-state index contributed by atoms with van der Waals surface area (Å²) in [5.74, 6) is -0.623. The summed E-state index contributed by atoms with van der Waals surface area (Å²) in [4.78, 5) is 11.4. The summed E-state index contributed by atoms with van der Waals surface area (Å²) in [6.07, 6.45) is 4.97. The number of sulfonamides is 1. The quantitative estimate of drug-likeness (QED) is 0.811. The van der Waals surface area contributed by atoms with Gasteiger partial charge < -0.3 is 5.11 Å². The molecule has 0 saturated carbocycles. The number of carboxylic acid groups (broad SMARTS) is 1. The van der Waals surface area contributed by atoms with Crippen molar-refractivity contribution in [2.45, 2.75) is 46.0 Å². The summed E-state index contributed by atoms with van der Waals surface area (Å²) in [7, 11) is -3.16. The highest BCUT2D eigenvalue weighted by atomic mass is 32.2. The fraction of sp³-hybridized carbons (Fsp3) is 0.923. The molecule has 2 atom stereocenters. The maximum absolute atomic E-state index is 11.6. The summed E-state index contributed by atoms with van der Waals surface area (Å²) < 4.78 is 24.6. The Morgan fingerprint density at radius 3 is 2.58 bits per heavy atom. The van der Waals surface area contributed by atoms with Gasteiger partial charge in [-0.3, -0.25) is 4.79 Å². The zero-order valence-electron chi connectivity index (χ0n) is 12.1. The molecular weight excluding hydrogens is 266 g/mol. The molecule has 0 aliphatic carbocycles. The van der Waals surface area contributed by atoms with E-state index in [4.69, 9.17) is 0 Å². The van der Waals surface area contributed by atoms with Gasteiger partial charge in [0.1, 0.15) is 0 Å². The molecule has 0 aromatic carbocycles. The highest BCUT2D eigenvalue weighted by Crippen LogP contribution is 2.35. The van der Waals surface area contributed by atoms with E-state index in [2.05, 4.69) is 0 Å². The summed E-state index contributed by atoms with van der Waals surface area (Å²) >= 11 is 0. The van der Waals surface area contributed by atoms with Crippen molar-refractivity contribution < 1.29 is 18.3 Å². The first-order valence-electron chi connectivity index (χ1n) is 6.87. The largest absolute Gasteiger partial charge is 0.481 e. The number of hydrogen-bond acceptors (Lipinski definition) is 3. The normalized spacial score (nSPS) is 24.9. The molecule has 1 N–H and O–H groups in total. The Morgan fingerprint density at radius 1 is 1.47 bits per heavy atom. The van der Waals surface area contributed by atoms with Crippen molar-refractivity contribution in [3.63, 3.8) is 0 Å². The van der Waals surface area contributed by atoms with Crippen LogP contribution in [0.15, 0.2) is 0 Å². The second-order valence-electron chi connectivity index (χ2n) is 5.95. The van der Waals surface area contributed by atoms with E-state index in [1.54, 1.807) is 6.92 Å². The van der Waals surface area contributed by atoms with Crippen LogP contribution in [0.25, 0.3) is 0 Å². The molecule has 0 bridgehead atoms. The van der Waals surface area contributed by atoms with Crippen LogP contribution in [0.4, 0.5) is 0 Å². The summed E-state index contributed by atoms with van der Waals surface area (Å²) in [6, 6.07) is 0. The third kappa shape index (κ3) is 4.45. The predicted molar refractivity (Wildman–Crippen MR) is 74.4 cm³/mol. The second kappa shape index (κ2) is 6.22. The van der Waals surface area contributed by atoms with Gasteiger partial charge in [-0.15, -0.1) is 0 Å². The number of piperidine rings is 1. The van der Waals surface area contributed by atoms with E-state index in [0.29, 0.717) is 25.9 Å². The molecular formula is C13H25NO4S. The van der Waals surface area contributed by atoms with Crippen molar-refractivity contribution in [1.29, 1.82) is 0 Å². The average molecular weight is 291 g/mol. The maximum atomic E-state index is 11.6. The number of carbonyl (C=O) groups is 1. The molecule has 5 nitrogen and oxygen atoms in total. The standard InChI is InChI=1S/C13H25NO4S/c1-4-7-13(2,12(15)16)9-11-6-5-8-14(10-11)19(3,17)18/h11H,4-10H2,1-3H3,(H,15,16). The number of hydrogen-bond donors (Lipinski definition) is 1. The zero-order chi connectivity index (χ0) is 14.7. The molecule has 19 heavy (non-hydrogen) atoms. The van der Waals surface area contributed by atoms with Crippen LogP contribution in [0.1, 0.15) is 46.0 Å². The Labute approximate surface area is 116 Å². The molecule has 2 unspecified atom stereocenters. The van der Waals surface area contributed by atoms with Crippen LogP contribution in [0.2, 0.25) is 0 Å². The van der Waals surface area contributed by atoms with Crippen molar-refractivity contribution in [3.05, 3.63) is 0 Å². The number of nitrogens with zero attached hydrogens (tertiary/aromatic N) is 1. The average Bonchev–Trinajstić information content (AvgIpc) is 2.28. The molecule has 1 saturated heterocycles. The summed E-state index contributed by atoms with van der Waals surface area (Å²) in [5.41, 5.74) is -0.736. The fourth-order valence-corrected chi connectivity index (χ4v) is 3.92. The number of carboxylic acids is 1. The highest BCUT2D eigenvalue weighted by molar-refractivity contribution is 7.88. The lowest BCUT2D eigenvalue weighted by atomic mass is 9.76. The molecule has 1 fully saturated rings. The first kappa shape index (κ1) is 16.4. The summed E-state index contributed by atoms with van der Waals surface area (Å²) in [5, 5.41) is 9.39. The van der Waals surface area contributed by atoms with E-state index in [9.17, 15) is 18.3 Å². The van der Waals surface area contributed by atoms with E-state index in [1.165, 1.54) is 10.6 Å². The fourth-order valence-electron chi connectivity index (χ4n) is 2.98. The first-order valence-corrected chi connectivity index (χ1v) is 8.72. The highest BCUT2D eigenvalue weighted by Gasteiger charge is 2.37. The van der Waals surface area contributed by atoms with Gasteiger partial charge in [-0.1, -0.05) is 13.3 Å². The first-order chi connectivity index (χ1) is 8.69. The topological polar surface area (TPSA) is 74.7 Å². The van der Waals surface area contributed by atoms with Crippen LogP contribution in [0, 0.1) is 11.3 Å². The van der Waals surface area contributed by atoms with Crippen molar-refractivity contribution in [1.82, 2.24) is 4.31 Å². The Hall–Kier alpha value is -0.620. The Morgan fingerprint density at radius 2 is 2.11 bits per heavy atom. The SMILES string of the molecule is CCCC(C)(CC1CCCN(S(C)(=O)=O)C1)C(=O)O. The predicted octanol–water partition coefficient (Wildman–Crippen LogP) is 1.94. The van der Waals surface area contributed by atoms with Crippen molar-refractivity contribution >= 4 is 16.0 Å². The van der Waals surface area contributed by atoms with Crippen LogP contribution in [0.5, 0.6) is 0 Å². The van der Waals surface area contributed by atoms with E-state index in [1.807, 2.05) is 6.92 Å². The minimum absolute atomic E-state index is 0.149. The van der Waals surface area contributed by atoms with Crippen molar-refractivity contribution in [3.8, 4) is 0 Å². The van der Waals surface area contributed by atoms with E-state index >= 15 is 0 Å². The molecule has 1 aliphatic rings. The van der Waals surface area contributed by atoms with Gasteiger partial charge in [-0.25, -0.2) is 12.7 Å². The van der Waals surface area contributed by atoms with Crippen molar-refractivity contribution in [2.75, 3.05) is 19.3 Å². The van der Waals surface area contributed by atoms with E-state index in [-0.39, 0.29) is 5.92 Å². The van der Waals surface area contributed by atoms with Crippen LogP contribution < -0.4 is 0 Å². The van der Waals surface area contributed by atoms with Gasteiger partial charge in [-0.2, -0.15) is 0 Å². The molecule has 1 heterocycles. The molecule has 1 aliphatic heterocycles. The van der Waals surface area contributed by atoms with Crippen LogP contribution in [0.3, 0.4) is 0 Å². The van der Waals surface area contributed by atoms with Gasteiger partial charge in [0.15, 0.2) is 0 Å². The molecule has 0 spiro atoms. The lowest BCUT2D eigenvalue weighted by molar-refractivity contribution is -0.149. The zero-order valence-corrected chi connectivity index (χ0v) is 12.9. The van der Waals surface area contributed by atoms with Crippen LogP contribution in [-0.4, -0.2) is 43.1 Å². The van der Waals surface area contributed by atoms with Gasteiger partial charge in [0.05, 0.1) is 11.7 Å². The Bertz CT molecular complexity index is 420. The molecule has 0 aromatic heterocycles. The Kier molecular flexibility index (Phi) is 5.38. The molecule has 6 heteroatoms. The van der Waals surface area contributed by atoms with Gasteiger partial charge >= 0.3 is 5.97 Å². The molecule has 1 rings (SSSR count). The van der Waals surface area contributed by atoms with Gasteiger partial charge in [0, 0.05) is 13.1 Å². The van der Waals surface area contributed by atoms with E-state index < -0.39 is 21.4 Å². The third-order valence-electron chi connectivity index (χ3n) is 4.01. The van der Waals surface area contributed by atoms with Crippen LogP contribution >= 0.6 is 0 Å². The maximum Gasteiger partial charge on any atom is 0.309 e. The van der Waals surface area contributed by atoms with Crippen LogP contribution in [-0.2, 0) is 14.8 Å². The summed E-state index contributed by atoms with van der Waals surface area (Å²) in [6.45, 7) is 4.78. The lowest BCUT2D eigenvalue weighted by Crippen LogP contribution is -2.42. The smallest absolute Gasteiger partial charge is 0.309 e. The molecule has 0 aromatic rings. The molecule has 0 amide bonds. The van der Waals surface area contributed by atoms with Crippen molar-refractivity contribution in [2.24, 2.45) is 11.3 Å². The molecule has 0 radical (unpaired) electrons. The number of aliphatic carboxylic acids is 1. The Balaban J connectivity index is 2.73. The number of rotatable bonds is 6. The van der Waals surface area contributed by atoms with E-state index in [0.717, 1.165) is 19.3 Å².